The van der Waals surface area contributed by atoms with E-state index in [0.29, 0.717) is 30.9 Å². The van der Waals surface area contributed by atoms with Crippen LogP contribution >= 0.6 is 0 Å². The molecule has 1 aromatic rings. The molecule has 0 atom stereocenters. The molecule has 2 aliphatic rings. The quantitative estimate of drug-likeness (QED) is 0.808. The first-order valence-electron chi connectivity index (χ1n) is 8.96. The minimum Gasteiger partial charge on any atom is -0.493 e. The van der Waals surface area contributed by atoms with Crippen LogP contribution in [0.3, 0.4) is 0 Å². The zero-order chi connectivity index (χ0) is 17.0. The molecule has 1 aromatic carbocycles. The summed E-state index contributed by atoms with van der Waals surface area (Å²) in [6, 6.07) is 7.17. The van der Waals surface area contributed by atoms with Gasteiger partial charge in [-0.1, -0.05) is 12.8 Å². The summed E-state index contributed by atoms with van der Waals surface area (Å²) in [6.07, 6.45) is 5.84. The molecule has 130 valence electrons. The van der Waals surface area contributed by atoms with Crippen LogP contribution in [-0.4, -0.2) is 30.5 Å². The van der Waals surface area contributed by atoms with Crippen molar-refractivity contribution in [2.24, 2.45) is 5.92 Å². The van der Waals surface area contributed by atoms with Gasteiger partial charge in [0, 0.05) is 12.1 Å². The molecule has 2 aliphatic carbocycles. The van der Waals surface area contributed by atoms with E-state index in [2.05, 4.69) is 10.6 Å². The van der Waals surface area contributed by atoms with Crippen molar-refractivity contribution in [3.05, 3.63) is 29.8 Å². The summed E-state index contributed by atoms with van der Waals surface area (Å²) in [6.45, 7) is 3.22. The predicted octanol–water partition coefficient (Wildman–Crippen LogP) is 2.65. The van der Waals surface area contributed by atoms with Crippen molar-refractivity contribution >= 4 is 11.8 Å². The average molecular weight is 330 g/mol. The summed E-state index contributed by atoms with van der Waals surface area (Å²) >= 11 is 0. The molecule has 0 heterocycles. The molecule has 0 saturated heterocycles. The number of rotatable bonds is 7. The number of hydrogen-bond acceptors (Lipinski definition) is 3. The van der Waals surface area contributed by atoms with E-state index in [1.165, 1.54) is 12.8 Å². The van der Waals surface area contributed by atoms with Gasteiger partial charge in [-0.3, -0.25) is 9.59 Å². The van der Waals surface area contributed by atoms with Gasteiger partial charge in [0.2, 0.25) is 5.91 Å². The normalized spacial score (nSPS) is 18.9. The number of likely N-dealkylation sites (N-methyl/N-ethyl adjacent to an activating group) is 1. The van der Waals surface area contributed by atoms with Crippen LogP contribution in [0.25, 0.3) is 0 Å². The van der Waals surface area contributed by atoms with Gasteiger partial charge in [0.15, 0.2) is 0 Å². The standard InChI is InChI=1S/C19H26N2O3/c1-2-20-18(23)19(11-3-4-12-19)21-17(22)15-7-9-16(10-8-15)24-13-14-5-6-14/h7-10,14H,2-6,11-13H2,1H3,(H,20,23)(H,21,22). The summed E-state index contributed by atoms with van der Waals surface area (Å²) in [4.78, 5) is 25.0. The molecule has 0 radical (unpaired) electrons. The predicted molar refractivity (Wildman–Crippen MR) is 92.0 cm³/mol. The molecule has 2 saturated carbocycles. The summed E-state index contributed by atoms with van der Waals surface area (Å²) in [5, 5.41) is 5.83. The third-order valence-corrected chi connectivity index (χ3v) is 4.88. The molecule has 0 aliphatic heterocycles. The van der Waals surface area contributed by atoms with E-state index in [-0.39, 0.29) is 11.8 Å². The van der Waals surface area contributed by atoms with Crippen molar-refractivity contribution in [2.45, 2.75) is 51.0 Å². The minimum absolute atomic E-state index is 0.0692. The van der Waals surface area contributed by atoms with Crippen LogP contribution in [0.15, 0.2) is 24.3 Å². The molecule has 2 amide bonds. The largest absolute Gasteiger partial charge is 0.493 e. The van der Waals surface area contributed by atoms with Crippen LogP contribution in [0.1, 0.15) is 55.8 Å². The Labute approximate surface area is 143 Å². The van der Waals surface area contributed by atoms with Gasteiger partial charge in [-0.05, 0) is 62.8 Å². The average Bonchev–Trinajstić information content (AvgIpc) is 3.31. The zero-order valence-corrected chi connectivity index (χ0v) is 14.3. The number of nitrogens with one attached hydrogen (secondary N) is 2. The van der Waals surface area contributed by atoms with Crippen LogP contribution in [0.5, 0.6) is 5.75 Å². The first-order valence-corrected chi connectivity index (χ1v) is 8.96. The lowest BCUT2D eigenvalue weighted by molar-refractivity contribution is -0.127. The molecule has 3 rings (SSSR count). The second kappa shape index (κ2) is 7.24. The summed E-state index contributed by atoms with van der Waals surface area (Å²) < 4.78 is 5.69. The number of amides is 2. The van der Waals surface area contributed by atoms with Gasteiger partial charge in [-0.25, -0.2) is 0 Å². The minimum atomic E-state index is -0.756. The Hall–Kier alpha value is -2.04. The molecular weight excluding hydrogens is 304 g/mol. The molecule has 0 unspecified atom stereocenters. The lowest BCUT2D eigenvalue weighted by Crippen LogP contribution is -2.57. The maximum atomic E-state index is 12.6. The van der Waals surface area contributed by atoms with Crippen molar-refractivity contribution in [1.29, 1.82) is 0 Å². The highest BCUT2D eigenvalue weighted by Gasteiger charge is 2.42. The molecule has 2 fully saturated rings. The monoisotopic (exact) mass is 330 g/mol. The molecule has 24 heavy (non-hydrogen) atoms. The highest BCUT2D eigenvalue weighted by molar-refractivity contribution is 5.99. The van der Waals surface area contributed by atoms with Gasteiger partial charge in [-0.15, -0.1) is 0 Å². The second-order valence-electron chi connectivity index (χ2n) is 6.88. The summed E-state index contributed by atoms with van der Waals surface area (Å²) in [5.74, 6) is 1.22. The van der Waals surface area contributed by atoms with E-state index in [1.807, 2.05) is 19.1 Å². The first-order chi connectivity index (χ1) is 11.6. The van der Waals surface area contributed by atoms with Crippen LogP contribution in [0.4, 0.5) is 0 Å². The Morgan fingerprint density at radius 3 is 2.42 bits per heavy atom. The van der Waals surface area contributed by atoms with Crippen molar-refractivity contribution in [1.82, 2.24) is 10.6 Å². The van der Waals surface area contributed by atoms with Crippen LogP contribution < -0.4 is 15.4 Å². The number of carbonyl (C=O) groups is 2. The van der Waals surface area contributed by atoms with Crippen LogP contribution in [0, 0.1) is 5.92 Å². The smallest absolute Gasteiger partial charge is 0.252 e. The van der Waals surface area contributed by atoms with E-state index in [0.717, 1.165) is 25.2 Å². The Bertz CT molecular complexity index is 587. The maximum absolute atomic E-state index is 12.6. The number of ether oxygens (including phenoxy) is 1. The second-order valence-corrected chi connectivity index (χ2v) is 6.88. The van der Waals surface area contributed by atoms with E-state index in [1.54, 1.807) is 12.1 Å². The van der Waals surface area contributed by atoms with Gasteiger partial charge in [0.1, 0.15) is 11.3 Å². The summed E-state index contributed by atoms with van der Waals surface area (Å²) in [5.41, 5.74) is -0.196. The highest BCUT2D eigenvalue weighted by Crippen LogP contribution is 2.31. The van der Waals surface area contributed by atoms with E-state index in [9.17, 15) is 9.59 Å². The lowest BCUT2D eigenvalue weighted by atomic mass is 9.95. The van der Waals surface area contributed by atoms with Crippen molar-refractivity contribution in [2.75, 3.05) is 13.2 Å². The SMILES string of the molecule is CCNC(=O)C1(NC(=O)c2ccc(OCC3CC3)cc2)CCCC1. The lowest BCUT2D eigenvalue weighted by Gasteiger charge is -2.28. The Morgan fingerprint density at radius 2 is 1.83 bits per heavy atom. The molecule has 0 bridgehead atoms. The maximum Gasteiger partial charge on any atom is 0.252 e. The van der Waals surface area contributed by atoms with Gasteiger partial charge < -0.3 is 15.4 Å². The van der Waals surface area contributed by atoms with Gasteiger partial charge >= 0.3 is 0 Å². The van der Waals surface area contributed by atoms with Gasteiger partial charge in [-0.2, -0.15) is 0 Å². The van der Waals surface area contributed by atoms with Gasteiger partial charge in [0.05, 0.1) is 6.61 Å². The fraction of sp³-hybridized carbons (Fsp3) is 0.579. The molecule has 0 aromatic heterocycles. The third-order valence-electron chi connectivity index (χ3n) is 4.88. The Balaban J connectivity index is 1.62. The molecule has 5 heteroatoms. The molecule has 0 spiro atoms. The molecular formula is C19H26N2O3. The van der Waals surface area contributed by atoms with Crippen molar-refractivity contribution in [3.63, 3.8) is 0 Å². The van der Waals surface area contributed by atoms with Crippen molar-refractivity contribution in [3.8, 4) is 5.75 Å². The van der Waals surface area contributed by atoms with E-state index < -0.39 is 5.54 Å². The van der Waals surface area contributed by atoms with E-state index in [4.69, 9.17) is 4.74 Å². The van der Waals surface area contributed by atoms with Gasteiger partial charge in [0.25, 0.3) is 5.91 Å². The van der Waals surface area contributed by atoms with Crippen LogP contribution in [0.2, 0.25) is 0 Å². The summed E-state index contributed by atoms with van der Waals surface area (Å²) in [7, 11) is 0. The highest BCUT2D eigenvalue weighted by atomic mass is 16.5. The first kappa shape index (κ1) is 16.8. The fourth-order valence-electron chi connectivity index (χ4n) is 3.21. The fourth-order valence-corrected chi connectivity index (χ4v) is 3.21. The van der Waals surface area contributed by atoms with Crippen LogP contribution in [-0.2, 0) is 4.79 Å². The zero-order valence-electron chi connectivity index (χ0n) is 14.3. The third kappa shape index (κ3) is 3.89. The Morgan fingerprint density at radius 1 is 1.17 bits per heavy atom. The molecule has 5 nitrogen and oxygen atoms in total. The van der Waals surface area contributed by atoms with E-state index >= 15 is 0 Å². The number of carbonyl (C=O) groups excluding carboxylic acids is 2. The Kier molecular flexibility index (Phi) is 5.07. The van der Waals surface area contributed by atoms with Crippen molar-refractivity contribution < 1.29 is 14.3 Å². The topological polar surface area (TPSA) is 67.4 Å². The number of hydrogen-bond donors (Lipinski definition) is 2. The molecule has 2 N–H and O–H groups in total. The number of benzene rings is 1.